The number of hydrogen-bond acceptors (Lipinski definition) is 4. The molecule has 0 saturated carbocycles. The Kier molecular flexibility index (Phi) is 5.76. The van der Waals surface area contributed by atoms with E-state index in [2.05, 4.69) is 10.6 Å². The Morgan fingerprint density at radius 1 is 0.857 bits per heavy atom. The highest BCUT2D eigenvalue weighted by Gasteiger charge is 1.96. The van der Waals surface area contributed by atoms with E-state index in [9.17, 15) is 0 Å². The van der Waals surface area contributed by atoms with E-state index in [0.717, 1.165) is 36.0 Å². The molecule has 0 radical (unpaired) electrons. The lowest BCUT2D eigenvalue weighted by atomic mass is 10.3. The van der Waals surface area contributed by atoms with Gasteiger partial charge in [0.1, 0.15) is 11.5 Å². The molecule has 0 aliphatic heterocycles. The Hall–Kier alpha value is -2.36. The van der Waals surface area contributed by atoms with Gasteiger partial charge in [0.15, 0.2) is 0 Å². The lowest BCUT2D eigenvalue weighted by Crippen LogP contribution is -2.13. The molecule has 0 aliphatic rings. The van der Waals surface area contributed by atoms with Gasteiger partial charge in [-0.05, 0) is 43.3 Å². The van der Waals surface area contributed by atoms with Crippen LogP contribution < -0.4 is 20.1 Å². The van der Waals surface area contributed by atoms with Crippen molar-refractivity contribution in [1.29, 1.82) is 0 Å². The van der Waals surface area contributed by atoms with Crippen LogP contribution in [0.5, 0.6) is 11.5 Å². The Morgan fingerprint density at radius 2 is 1.57 bits per heavy atom. The second kappa shape index (κ2) is 8.04. The molecule has 0 spiro atoms. The Balaban J connectivity index is 1.73. The van der Waals surface area contributed by atoms with Gasteiger partial charge in [-0.3, -0.25) is 0 Å². The molecule has 4 nitrogen and oxygen atoms in total. The zero-order chi connectivity index (χ0) is 14.9. The van der Waals surface area contributed by atoms with Crippen LogP contribution in [0.25, 0.3) is 0 Å². The number of ether oxygens (including phenoxy) is 2. The molecule has 0 aliphatic carbocycles. The molecule has 2 rings (SSSR count). The van der Waals surface area contributed by atoms with Crippen molar-refractivity contribution in [2.45, 2.75) is 6.92 Å². The monoisotopic (exact) mass is 286 g/mol. The third-order valence-electron chi connectivity index (χ3n) is 3.02. The van der Waals surface area contributed by atoms with Crippen molar-refractivity contribution in [2.75, 3.05) is 37.4 Å². The van der Waals surface area contributed by atoms with E-state index in [-0.39, 0.29) is 0 Å². The van der Waals surface area contributed by atoms with Crippen molar-refractivity contribution in [1.82, 2.24) is 0 Å². The molecule has 2 N–H and O–H groups in total. The van der Waals surface area contributed by atoms with E-state index in [1.807, 2.05) is 55.5 Å². The van der Waals surface area contributed by atoms with Crippen LogP contribution >= 0.6 is 0 Å². The summed E-state index contributed by atoms with van der Waals surface area (Å²) in [6, 6.07) is 15.9. The molecule has 4 heteroatoms. The third kappa shape index (κ3) is 4.91. The number of nitrogens with one attached hydrogen (secondary N) is 2. The van der Waals surface area contributed by atoms with Crippen LogP contribution in [0, 0.1) is 0 Å². The number of hydrogen-bond donors (Lipinski definition) is 2. The Bertz CT molecular complexity index is 541. The quantitative estimate of drug-likeness (QED) is 0.727. The molecule has 0 saturated heterocycles. The smallest absolute Gasteiger partial charge is 0.120 e. The van der Waals surface area contributed by atoms with E-state index in [1.54, 1.807) is 7.11 Å². The molecule has 0 unspecified atom stereocenters. The minimum Gasteiger partial charge on any atom is -0.497 e. The normalized spacial score (nSPS) is 10.0. The highest BCUT2D eigenvalue weighted by atomic mass is 16.5. The van der Waals surface area contributed by atoms with Crippen LogP contribution in [-0.2, 0) is 0 Å². The average molecular weight is 286 g/mol. The summed E-state index contributed by atoms with van der Waals surface area (Å²) in [5.41, 5.74) is 2.15. The van der Waals surface area contributed by atoms with Crippen molar-refractivity contribution in [3.05, 3.63) is 48.5 Å². The maximum absolute atomic E-state index is 5.41. The van der Waals surface area contributed by atoms with E-state index in [4.69, 9.17) is 9.47 Å². The minimum atomic E-state index is 0.692. The Labute approximate surface area is 126 Å². The van der Waals surface area contributed by atoms with Gasteiger partial charge in [0.25, 0.3) is 0 Å². The van der Waals surface area contributed by atoms with E-state index in [0.29, 0.717) is 6.61 Å². The summed E-state index contributed by atoms with van der Waals surface area (Å²) in [6.45, 7) is 4.35. The zero-order valence-corrected chi connectivity index (χ0v) is 12.6. The third-order valence-corrected chi connectivity index (χ3v) is 3.02. The SMILES string of the molecule is CCOc1ccc(NCCNc2cccc(OC)c2)cc1. The molecule has 0 fully saturated rings. The summed E-state index contributed by atoms with van der Waals surface area (Å²) in [6.07, 6.45) is 0. The fraction of sp³-hybridized carbons (Fsp3) is 0.294. The standard InChI is InChI=1S/C17H22N2O2/c1-3-21-16-9-7-14(8-10-16)18-11-12-19-15-5-4-6-17(13-15)20-2/h4-10,13,18-19H,3,11-12H2,1-2H3. The topological polar surface area (TPSA) is 42.5 Å². The summed E-state index contributed by atoms with van der Waals surface area (Å²) >= 11 is 0. The van der Waals surface area contributed by atoms with Crippen LogP contribution in [0.4, 0.5) is 11.4 Å². The van der Waals surface area contributed by atoms with Crippen molar-refractivity contribution in [3.8, 4) is 11.5 Å². The summed E-state index contributed by atoms with van der Waals surface area (Å²) < 4.78 is 10.6. The van der Waals surface area contributed by atoms with Crippen LogP contribution in [0.3, 0.4) is 0 Å². The second-order valence-corrected chi connectivity index (χ2v) is 4.54. The largest absolute Gasteiger partial charge is 0.497 e. The van der Waals surface area contributed by atoms with Crippen LogP contribution in [0.1, 0.15) is 6.92 Å². The molecule has 112 valence electrons. The van der Waals surface area contributed by atoms with E-state index in [1.165, 1.54) is 0 Å². The van der Waals surface area contributed by atoms with Gasteiger partial charge in [-0.2, -0.15) is 0 Å². The fourth-order valence-electron chi connectivity index (χ4n) is 1.98. The van der Waals surface area contributed by atoms with Gasteiger partial charge in [0.2, 0.25) is 0 Å². The van der Waals surface area contributed by atoms with Crippen molar-refractivity contribution in [2.24, 2.45) is 0 Å². The van der Waals surface area contributed by atoms with Crippen molar-refractivity contribution < 1.29 is 9.47 Å². The maximum Gasteiger partial charge on any atom is 0.120 e. The molecule has 0 heterocycles. The second-order valence-electron chi connectivity index (χ2n) is 4.54. The molecule has 21 heavy (non-hydrogen) atoms. The van der Waals surface area contributed by atoms with Gasteiger partial charge < -0.3 is 20.1 Å². The van der Waals surface area contributed by atoms with Crippen molar-refractivity contribution in [3.63, 3.8) is 0 Å². The molecule has 2 aromatic carbocycles. The van der Waals surface area contributed by atoms with Gasteiger partial charge in [-0.25, -0.2) is 0 Å². The van der Waals surface area contributed by atoms with E-state index >= 15 is 0 Å². The first-order valence-electron chi connectivity index (χ1n) is 7.16. The molecule has 0 bridgehead atoms. The first-order chi connectivity index (χ1) is 10.3. The van der Waals surface area contributed by atoms with Crippen LogP contribution in [0.15, 0.2) is 48.5 Å². The van der Waals surface area contributed by atoms with Gasteiger partial charge in [-0.1, -0.05) is 6.07 Å². The molecular formula is C17H22N2O2. The molecule has 0 atom stereocenters. The number of benzene rings is 2. The average Bonchev–Trinajstić information content (AvgIpc) is 2.53. The maximum atomic E-state index is 5.41. The van der Waals surface area contributed by atoms with Gasteiger partial charge >= 0.3 is 0 Å². The van der Waals surface area contributed by atoms with Gasteiger partial charge in [0.05, 0.1) is 13.7 Å². The Morgan fingerprint density at radius 3 is 2.24 bits per heavy atom. The fourth-order valence-corrected chi connectivity index (χ4v) is 1.98. The minimum absolute atomic E-state index is 0.692. The number of methoxy groups -OCH3 is 1. The predicted molar refractivity (Wildman–Crippen MR) is 87.6 cm³/mol. The highest BCUT2D eigenvalue weighted by Crippen LogP contribution is 2.17. The lowest BCUT2D eigenvalue weighted by molar-refractivity contribution is 0.340. The number of anilines is 2. The van der Waals surface area contributed by atoms with Gasteiger partial charge in [0, 0.05) is 30.5 Å². The molecule has 0 amide bonds. The van der Waals surface area contributed by atoms with Crippen molar-refractivity contribution >= 4 is 11.4 Å². The van der Waals surface area contributed by atoms with Crippen LogP contribution in [0.2, 0.25) is 0 Å². The molecular weight excluding hydrogens is 264 g/mol. The summed E-state index contributed by atoms with van der Waals surface area (Å²) in [7, 11) is 1.67. The first-order valence-corrected chi connectivity index (χ1v) is 7.16. The zero-order valence-electron chi connectivity index (χ0n) is 12.6. The van der Waals surface area contributed by atoms with Crippen LogP contribution in [-0.4, -0.2) is 26.8 Å². The first kappa shape index (κ1) is 15.0. The summed E-state index contributed by atoms with van der Waals surface area (Å²) in [5.74, 6) is 1.76. The van der Waals surface area contributed by atoms with E-state index < -0.39 is 0 Å². The molecule has 0 aromatic heterocycles. The molecule has 2 aromatic rings. The van der Waals surface area contributed by atoms with Gasteiger partial charge in [-0.15, -0.1) is 0 Å². The predicted octanol–water partition coefficient (Wildman–Crippen LogP) is 3.62. The number of rotatable bonds is 8. The highest BCUT2D eigenvalue weighted by molar-refractivity contribution is 5.49. The summed E-state index contributed by atoms with van der Waals surface area (Å²) in [5, 5.41) is 6.72. The summed E-state index contributed by atoms with van der Waals surface area (Å²) in [4.78, 5) is 0. The lowest BCUT2D eigenvalue weighted by Gasteiger charge is -2.10.